The molecule has 3 aromatic rings. The third-order valence-electron chi connectivity index (χ3n) is 8.35. The van der Waals surface area contributed by atoms with Crippen molar-refractivity contribution in [2.45, 2.75) is 39.4 Å². The number of hydrogen-bond donors (Lipinski definition) is 0. The maximum absolute atomic E-state index is 9.56. The van der Waals surface area contributed by atoms with E-state index in [0.717, 1.165) is 68.2 Å². The van der Waals surface area contributed by atoms with Crippen LogP contribution in [0.4, 0.5) is 11.4 Å². The van der Waals surface area contributed by atoms with Crippen LogP contribution in [0.2, 0.25) is 0 Å². The highest BCUT2D eigenvalue weighted by Gasteiger charge is 2.36. The molecule has 0 radical (unpaired) electrons. The summed E-state index contributed by atoms with van der Waals surface area (Å²) in [6.45, 7) is 15.9. The Labute approximate surface area is 226 Å². The topological polar surface area (TPSA) is 58.9 Å². The van der Waals surface area contributed by atoms with E-state index in [4.69, 9.17) is 4.74 Å². The van der Waals surface area contributed by atoms with Crippen LogP contribution in [0.15, 0.2) is 48.7 Å². The van der Waals surface area contributed by atoms with Gasteiger partial charge in [0.2, 0.25) is 0 Å². The Hall–Kier alpha value is -3.34. The van der Waals surface area contributed by atoms with E-state index in [-0.39, 0.29) is 6.04 Å². The summed E-state index contributed by atoms with van der Waals surface area (Å²) in [6.07, 6.45) is 1.77. The number of anilines is 2. The Kier molecular flexibility index (Phi) is 6.86. The molecule has 0 unspecified atom stereocenters. The van der Waals surface area contributed by atoms with Crippen molar-refractivity contribution in [1.29, 1.82) is 5.26 Å². The predicted octanol–water partition coefficient (Wildman–Crippen LogP) is 4.36. The molecule has 0 N–H and O–H groups in total. The molecule has 0 bridgehead atoms. The van der Waals surface area contributed by atoms with E-state index in [2.05, 4.69) is 81.8 Å². The maximum Gasteiger partial charge on any atom is 0.125 e. The van der Waals surface area contributed by atoms with Crippen molar-refractivity contribution in [2.24, 2.45) is 5.92 Å². The van der Waals surface area contributed by atoms with E-state index in [1.807, 2.05) is 12.1 Å². The fourth-order valence-corrected chi connectivity index (χ4v) is 6.46. The summed E-state index contributed by atoms with van der Waals surface area (Å²) >= 11 is 0. The summed E-state index contributed by atoms with van der Waals surface area (Å²) in [6, 6.07) is 17.8. The molecule has 2 saturated heterocycles. The van der Waals surface area contributed by atoms with Gasteiger partial charge in [0.25, 0.3) is 0 Å². The number of nitrogens with zero attached hydrogens (tertiary/aromatic N) is 6. The van der Waals surface area contributed by atoms with Gasteiger partial charge in [0.1, 0.15) is 18.4 Å². The van der Waals surface area contributed by atoms with E-state index in [1.54, 1.807) is 6.20 Å². The maximum atomic E-state index is 9.56. The summed E-state index contributed by atoms with van der Waals surface area (Å²) in [5, 5.41) is 10.6. The normalized spacial score (nSPS) is 22.5. The lowest BCUT2D eigenvalue weighted by Gasteiger charge is -2.45. The molecule has 0 aliphatic carbocycles. The second-order valence-corrected chi connectivity index (χ2v) is 11.5. The minimum atomic E-state index is 0.288. The van der Waals surface area contributed by atoms with Crippen LogP contribution in [-0.2, 0) is 6.54 Å². The van der Waals surface area contributed by atoms with Gasteiger partial charge in [0, 0.05) is 93.0 Å². The second kappa shape index (κ2) is 10.4. The fraction of sp³-hybridized carbons (Fsp3) is 0.484. The number of rotatable bonds is 4. The zero-order valence-corrected chi connectivity index (χ0v) is 22.8. The summed E-state index contributed by atoms with van der Waals surface area (Å²) in [7, 11) is 0. The molecule has 38 heavy (non-hydrogen) atoms. The van der Waals surface area contributed by atoms with Crippen molar-refractivity contribution in [3.8, 4) is 11.8 Å². The smallest absolute Gasteiger partial charge is 0.125 e. The number of aromatic nitrogens is 1. The van der Waals surface area contributed by atoms with Crippen LogP contribution < -0.4 is 14.5 Å². The van der Waals surface area contributed by atoms with Crippen molar-refractivity contribution >= 4 is 22.3 Å². The second-order valence-electron chi connectivity index (χ2n) is 11.5. The van der Waals surface area contributed by atoms with E-state index in [0.29, 0.717) is 24.1 Å². The van der Waals surface area contributed by atoms with Crippen LogP contribution in [0, 0.1) is 17.2 Å². The Morgan fingerprint density at radius 1 is 1.05 bits per heavy atom. The first-order valence-corrected chi connectivity index (χ1v) is 14.0. The molecular formula is C31H38N6O. The number of ether oxygens (including phenoxy) is 1. The predicted molar refractivity (Wildman–Crippen MR) is 153 cm³/mol. The molecule has 0 amide bonds. The minimum Gasteiger partial charge on any atom is -0.491 e. The van der Waals surface area contributed by atoms with Crippen molar-refractivity contribution in [1.82, 2.24) is 14.8 Å². The van der Waals surface area contributed by atoms with Crippen LogP contribution >= 0.6 is 0 Å². The molecule has 3 aliphatic heterocycles. The monoisotopic (exact) mass is 510 g/mol. The van der Waals surface area contributed by atoms with Gasteiger partial charge in [0.05, 0.1) is 17.1 Å². The highest BCUT2D eigenvalue weighted by molar-refractivity contribution is 5.95. The van der Waals surface area contributed by atoms with Crippen LogP contribution in [0.25, 0.3) is 10.9 Å². The molecule has 7 nitrogen and oxygen atoms in total. The number of hydrogen-bond acceptors (Lipinski definition) is 7. The number of fused-ring (bicyclic) bond motifs is 3. The SMILES string of the molecule is CC(C)CN1CCN(c2ccc3c(c2)OC[C@H]2CN(c4ccc(C#N)c5ncccc45)C[C@@H](C)N2C3)CC1. The van der Waals surface area contributed by atoms with E-state index in [9.17, 15) is 5.26 Å². The molecule has 3 aliphatic rings. The summed E-state index contributed by atoms with van der Waals surface area (Å²) in [5.41, 5.74) is 5.12. The van der Waals surface area contributed by atoms with Crippen LogP contribution in [0.3, 0.4) is 0 Å². The Morgan fingerprint density at radius 3 is 2.68 bits per heavy atom. The van der Waals surface area contributed by atoms with Gasteiger partial charge in [-0.1, -0.05) is 19.9 Å². The largest absolute Gasteiger partial charge is 0.491 e. The van der Waals surface area contributed by atoms with Gasteiger partial charge in [-0.05, 0) is 43.2 Å². The third kappa shape index (κ3) is 4.79. The molecule has 0 spiro atoms. The standard InChI is InChI=1S/C31H38N6O/c1-22(2)17-34-11-13-35(14-12-34)26-8-6-25-19-37-23(3)18-36(20-27(37)21-38-30(25)15-26)29-9-7-24(16-32)31-28(29)5-4-10-33-31/h4-10,15,22-23,27H,11-14,17-21H2,1-3H3/t23-,27-/m1/s1. The molecule has 6 rings (SSSR count). The van der Waals surface area contributed by atoms with Gasteiger partial charge in [-0.3, -0.25) is 14.8 Å². The van der Waals surface area contributed by atoms with E-state index >= 15 is 0 Å². The lowest BCUT2D eigenvalue weighted by molar-refractivity contribution is 0.0892. The lowest BCUT2D eigenvalue weighted by atomic mass is 10.0. The van der Waals surface area contributed by atoms with Gasteiger partial charge in [0.15, 0.2) is 0 Å². The van der Waals surface area contributed by atoms with Crippen LogP contribution in [-0.4, -0.2) is 79.3 Å². The van der Waals surface area contributed by atoms with E-state index < -0.39 is 0 Å². The first-order chi connectivity index (χ1) is 18.5. The average Bonchev–Trinajstić information content (AvgIpc) is 3.12. The van der Waals surface area contributed by atoms with Gasteiger partial charge < -0.3 is 14.5 Å². The fourth-order valence-electron chi connectivity index (χ4n) is 6.46. The summed E-state index contributed by atoms with van der Waals surface area (Å²) < 4.78 is 6.52. The summed E-state index contributed by atoms with van der Waals surface area (Å²) in [5.74, 6) is 1.75. The molecule has 1 aromatic heterocycles. The highest BCUT2D eigenvalue weighted by Crippen LogP contribution is 2.35. The van der Waals surface area contributed by atoms with Gasteiger partial charge >= 0.3 is 0 Å². The van der Waals surface area contributed by atoms with Gasteiger partial charge in [-0.25, -0.2) is 0 Å². The Bertz CT molecular complexity index is 1340. The minimum absolute atomic E-state index is 0.288. The first kappa shape index (κ1) is 25.0. The Morgan fingerprint density at radius 2 is 1.89 bits per heavy atom. The summed E-state index contributed by atoms with van der Waals surface area (Å²) in [4.78, 5) is 14.7. The quantitative estimate of drug-likeness (QED) is 0.517. The molecular weight excluding hydrogens is 472 g/mol. The van der Waals surface area contributed by atoms with Gasteiger partial charge in [-0.2, -0.15) is 5.26 Å². The first-order valence-electron chi connectivity index (χ1n) is 14.0. The molecule has 0 saturated carbocycles. The highest BCUT2D eigenvalue weighted by atomic mass is 16.5. The number of piperazine rings is 2. The van der Waals surface area contributed by atoms with Gasteiger partial charge in [-0.15, -0.1) is 0 Å². The molecule has 7 heteroatoms. The zero-order chi connectivity index (χ0) is 26.2. The molecule has 2 fully saturated rings. The molecule has 198 valence electrons. The van der Waals surface area contributed by atoms with Crippen molar-refractivity contribution < 1.29 is 4.74 Å². The van der Waals surface area contributed by atoms with E-state index in [1.165, 1.54) is 17.8 Å². The number of benzene rings is 2. The van der Waals surface area contributed by atoms with Crippen LogP contribution in [0.1, 0.15) is 31.9 Å². The number of nitriles is 1. The van der Waals surface area contributed by atoms with Crippen molar-refractivity contribution in [3.05, 3.63) is 59.8 Å². The Balaban J connectivity index is 1.19. The average molecular weight is 511 g/mol. The van der Waals surface area contributed by atoms with Crippen molar-refractivity contribution in [3.63, 3.8) is 0 Å². The molecule has 4 heterocycles. The van der Waals surface area contributed by atoms with Crippen molar-refractivity contribution in [2.75, 3.05) is 62.2 Å². The molecule has 2 aromatic carbocycles. The number of pyridine rings is 1. The molecule has 2 atom stereocenters. The third-order valence-corrected chi connectivity index (χ3v) is 8.35. The zero-order valence-electron chi connectivity index (χ0n) is 22.8. The lowest BCUT2D eigenvalue weighted by Crippen LogP contribution is -2.58. The van der Waals surface area contributed by atoms with Crippen LogP contribution in [0.5, 0.6) is 5.75 Å².